The van der Waals surface area contributed by atoms with Gasteiger partial charge in [0.25, 0.3) is 0 Å². The molecule has 0 amide bonds. The smallest absolute Gasteiger partial charge is 0.164 e. The van der Waals surface area contributed by atoms with E-state index in [2.05, 4.69) is 136 Å². The summed E-state index contributed by atoms with van der Waals surface area (Å²) >= 11 is 1.82. The van der Waals surface area contributed by atoms with Crippen LogP contribution >= 0.6 is 11.3 Å². The molecule has 60 heavy (non-hydrogen) atoms. The lowest BCUT2D eigenvalue weighted by molar-refractivity contribution is 0.513. The molecule has 0 radical (unpaired) electrons. The topological polar surface area (TPSA) is 51.8 Å². The van der Waals surface area contributed by atoms with Gasteiger partial charge in [0.1, 0.15) is 11.5 Å². The molecule has 0 N–H and O–H groups in total. The molecule has 9 rings (SSSR count). The van der Waals surface area contributed by atoms with Crippen LogP contribution in [0.2, 0.25) is 0 Å². The molecule has 5 aromatic carbocycles. The number of allylic oxidation sites excluding steroid dienone is 6. The summed E-state index contributed by atoms with van der Waals surface area (Å²) in [5.74, 6) is 3.63. The highest BCUT2D eigenvalue weighted by Gasteiger charge is 2.23. The average Bonchev–Trinajstić information content (AvgIpc) is 3.79. The van der Waals surface area contributed by atoms with Crippen molar-refractivity contribution in [1.82, 2.24) is 15.0 Å². The van der Waals surface area contributed by atoms with Gasteiger partial charge in [-0.1, -0.05) is 134 Å². The van der Waals surface area contributed by atoms with E-state index in [0.717, 1.165) is 79.8 Å². The van der Waals surface area contributed by atoms with Gasteiger partial charge in [0.2, 0.25) is 0 Å². The number of nitrogens with zero attached hydrogens (tertiary/aromatic N) is 3. The predicted octanol–water partition coefficient (Wildman–Crippen LogP) is 15.0. The molecule has 1 aliphatic rings. The van der Waals surface area contributed by atoms with E-state index in [0.29, 0.717) is 23.9 Å². The standard InChI is InChI=1S/C55H45N3OS/c1-6-9-20-43-34-47-46(21-14-23-51(47)60-43)55-57-53(38-17-11-10-12-18-38)56-54(58-55)39-28-26-37(27-29-39)36(5)52-48-33-40(19-13-22-49(48)59-50(52)16-8-3)41-30-31-45-42(32-41)25-24-35(4)44(45)15-7-2/h6-8,10-19,21,23-34H,1,5,9,20,22H2,2-4H3/b15-7-,16-8-. The molecule has 3 aromatic heterocycles. The Morgan fingerprint density at radius 1 is 0.767 bits per heavy atom. The van der Waals surface area contributed by atoms with Crippen molar-refractivity contribution in [3.63, 3.8) is 0 Å². The van der Waals surface area contributed by atoms with Gasteiger partial charge in [0.15, 0.2) is 17.5 Å². The van der Waals surface area contributed by atoms with E-state index in [4.69, 9.17) is 19.4 Å². The first-order valence-corrected chi connectivity index (χ1v) is 21.3. The van der Waals surface area contributed by atoms with Crippen molar-refractivity contribution in [1.29, 1.82) is 0 Å². The Bertz CT molecular complexity index is 3060. The van der Waals surface area contributed by atoms with Gasteiger partial charge in [0.05, 0.1) is 0 Å². The van der Waals surface area contributed by atoms with Gasteiger partial charge in [0, 0.05) is 49.2 Å². The van der Waals surface area contributed by atoms with Gasteiger partial charge in [-0.2, -0.15) is 0 Å². The van der Waals surface area contributed by atoms with Crippen LogP contribution in [0.4, 0.5) is 0 Å². The molecule has 0 atom stereocenters. The molecule has 0 saturated carbocycles. The van der Waals surface area contributed by atoms with Crippen LogP contribution in [-0.2, 0) is 12.8 Å². The lowest BCUT2D eigenvalue weighted by atomic mass is 9.92. The molecule has 5 heteroatoms. The maximum atomic E-state index is 6.58. The third-order valence-corrected chi connectivity index (χ3v) is 12.3. The SMILES string of the molecule is C=CCCc1cc2c(-c3nc(-c4ccccc4)nc(-c4ccc(C(=C)c5c(/C=C\C)oc6c5C=C(c5ccc7c(/C=C\C)c(C)ccc7c5)C=CC6)cc4)n3)cccc2s1. The van der Waals surface area contributed by atoms with E-state index < -0.39 is 0 Å². The van der Waals surface area contributed by atoms with Crippen LogP contribution in [0.3, 0.4) is 0 Å². The fourth-order valence-corrected chi connectivity index (χ4v) is 9.19. The van der Waals surface area contributed by atoms with Gasteiger partial charge in [-0.25, -0.2) is 15.0 Å². The highest BCUT2D eigenvalue weighted by atomic mass is 32.1. The van der Waals surface area contributed by atoms with Crippen LogP contribution in [0.1, 0.15) is 70.0 Å². The third-order valence-electron chi connectivity index (χ3n) is 11.1. The predicted molar refractivity (Wildman–Crippen MR) is 256 cm³/mol. The largest absolute Gasteiger partial charge is 0.460 e. The molecule has 0 fully saturated rings. The van der Waals surface area contributed by atoms with Gasteiger partial charge >= 0.3 is 0 Å². The Morgan fingerprint density at radius 2 is 1.52 bits per heavy atom. The summed E-state index contributed by atoms with van der Waals surface area (Å²) in [6.45, 7) is 14.9. The number of hydrogen-bond donors (Lipinski definition) is 0. The summed E-state index contributed by atoms with van der Waals surface area (Å²) in [5, 5.41) is 3.63. The quantitative estimate of drug-likeness (QED) is 0.122. The van der Waals surface area contributed by atoms with E-state index in [1.807, 2.05) is 66.8 Å². The molecule has 1 aliphatic carbocycles. The van der Waals surface area contributed by atoms with Crippen molar-refractivity contribution in [2.75, 3.05) is 0 Å². The Morgan fingerprint density at radius 3 is 2.28 bits per heavy atom. The monoisotopic (exact) mass is 795 g/mol. The minimum absolute atomic E-state index is 0.615. The van der Waals surface area contributed by atoms with Crippen molar-refractivity contribution >= 4 is 61.6 Å². The first kappa shape index (κ1) is 38.6. The van der Waals surface area contributed by atoms with Crippen LogP contribution in [0, 0.1) is 6.92 Å². The molecule has 3 heterocycles. The van der Waals surface area contributed by atoms with Crippen molar-refractivity contribution < 1.29 is 4.42 Å². The second-order valence-electron chi connectivity index (χ2n) is 15.1. The maximum Gasteiger partial charge on any atom is 0.164 e. The summed E-state index contributed by atoms with van der Waals surface area (Å²) in [7, 11) is 0. The van der Waals surface area contributed by atoms with Crippen LogP contribution < -0.4 is 0 Å². The number of aryl methyl sites for hydroxylation is 2. The fraction of sp³-hybridized carbons (Fsp3) is 0.109. The van der Waals surface area contributed by atoms with Gasteiger partial charge in [-0.05, 0) is 108 Å². The van der Waals surface area contributed by atoms with Crippen molar-refractivity contribution in [2.45, 2.75) is 40.0 Å². The second-order valence-corrected chi connectivity index (χ2v) is 16.3. The molecule has 0 aliphatic heterocycles. The van der Waals surface area contributed by atoms with Crippen molar-refractivity contribution in [3.8, 4) is 34.2 Å². The molecular weight excluding hydrogens is 751 g/mol. The summed E-state index contributed by atoms with van der Waals surface area (Å²) in [6, 6.07) is 38.4. The summed E-state index contributed by atoms with van der Waals surface area (Å²) < 4.78 is 7.80. The lowest BCUT2D eigenvalue weighted by Crippen LogP contribution is -2.00. The van der Waals surface area contributed by atoms with E-state index in [9.17, 15) is 0 Å². The van der Waals surface area contributed by atoms with E-state index in [1.54, 1.807) is 0 Å². The number of hydrogen-bond acceptors (Lipinski definition) is 5. The first-order valence-electron chi connectivity index (χ1n) is 20.5. The minimum atomic E-state index is 0.615. The number of benzene rings is 5. The van der Waals surface area contributed by atoms with Crippen LogP contribution in [0.5, 0.6) is 0 Å². The van der Waals surface area contributed by atoms with E-state index in [1.165, 1.54) is 31.5 Å². The summed E-state index contributed by atoms with van der Waals surface area (Å²) in [5.41, 5.74) is 11.6. The van der Waals surface area contributed by atoms with E-state index >= 15 is 0 Å². The number of rotatable bonds is 11. The molecule has 0 saturated heterocycles. The highest BCUT2D eigenvalue weighted by molar-refractivity contribution is 7.19. The zero-order chi connectivity index (χ0) is 41.2. The molecule has 0 unspecified atom stereocenters. The van der Waals surface area contributed by atoms with Gasteiger partial charge in [-0.15, -0.1) is 17.9 Å². The maximum absolute atomic E-state index is 6.58. The number of thiophene rings is 1. The summed E-state index contributed by atoms with van der Waals surface area (Å²) in [6.07, 6.45) is 19.6. The number of fused-ring (bicyclic) bond motifs is 3. The Kier molecular flexibility index (Phi) is 10.8. The average molecular weight is 796 g/mol. The lowest BCUT2D eigenvalue weighted by Gasteiger charge is -2.12. The molecule has 0 bridgehead atoms. The second kappa shape index (κ2) is 16.7. The third kappa shape index (κ3) is 7.45. The van der Waals surface area contributed by atoms with Crippen LogP contribution in [0.15, 0.2) is 157 Å². The van der Waals surface area contributed by atoms with Gasteiger partial charge in [-0.3, -0.25) is 0 Å². The van der Waals surface area contributed by atoms with Crippen molar-refractivity contribution in [3.05, 3.63) is 203 Å². The normalized spacial score (nSPS) is 12.7. The summed E-state index contributed by atoms with van der Waals surface area (Å²) in [4.78, 5) is 16.5. The van der Waals surface area contributed by atoms with Crippen molar-refractivity contribution in [2.24, 2.45) is 0 Å². The molecule has 4 nitrogen and oxygen atoms in total. The number of aromatic nitrogens is 3. The first-order chi connectivity index (χ1) is 29.4. The highest BCUT2D eigenvalue weighted by Crippen LogP contribution is 2.40. The Balaban J connectivity index is 1.09. The number of furan rings is 1. The Hall–Kier alpha value is -6.95. The minimum Gasteiger partial charge on any atom is -0.460 e. The van der Waals surface area contributed by atoms with Crippen LogP contribution in [0.25, 0.3) is 84.4 Å². The Labute approximate surface area is 356 Å². The molecule has 8 aromatic rings. The fourth-order valence-electron chi connectivity index (χ4n) is 8.08. The zero-order valence-electron chi connectivity index (χ0n) is 34.2. The van der Waals surface area contributed by atoms with Gasteiger partial charge < -0.3 is 4.42 Å². The molecule has 292 valence electrons. The van der Waals surface area contributed by atoms with E-state index in [-0.39, 0.29) is 0 Å². The molecular formula is C55H45N3OS. The zero-order valence-corrected chi connectivity index (χ0v) is 35.0. The van der Waals surface area contributed by atoms with Crippen LogP contribution in [-0.4, -0.2) is 15.0 Å². The molecule has 0 spiro atoms.